The molecule has 10 heteroatoms. The average molecular weight is 523 g/mol. The Bertz CT molecular complexity index is 1060. The molecule has 1 amide bonds. The molecule has 7 nitrogen and oxygen atoms in total. The zero-order valence-electron chi connectivity index (χ0n) is 21.3. The van der Waals surface area contributed by atoms with E-state index in [4.69, 9.17) is 19.4 Å². The lowest BCUT2D eigenvalue weighted by Gasteiger charge is -2.47. The third-order valence-corrected chi connectivity index (χ3v) is 6.80. The molecule has 1 atom stereocenters. The Morgan fingerprint density at radius 3 is 2.24 bits per heavy atom. The van der Waals surface area contributed by atoms with Crippen molar-refractivity contribution in [3.63, 3.8) is 0 Å². The minimum absolute atomic E-state index is 0.165. The van der Waals surface area contributed by atoms with Gasteiger partial charge in [-0.3, -0.25) is 9.69 Å². The van der Waals surface area contributed by atoms with Crippen molar-refractivity contribution in [2.75, 3.05) is 34.3 Å². The number of carboxylic acids is 1. The molecule has 0 aliphatic carbocycles. The van der Waals surface area contributed by atoms with E-state index in [-0.39, 0.29) is 17.4 Å². The number of nitrogens with zero attached hydrogens (tertiary/aromatic N) is 2. The van der Waals surface area contributed by atoms with Crippen LogP contribution in [0.25, 0.3) is 0 Å². The number of carbonyl (C=O) groups excluding carboxylic acids is 1. The molecule has 0 radical (unpaired) electrons. The second-order valence-electron chi connectivity index (χ2n) is 9.64. The molecule has 0 bridgehead atoms. The van der Waals surface area contributed by atoms with E-state index in [0.29, 0.717) is 6.42 Å². The van der Waals surface area contributed by atoms with E-state index in [1.54, 1.807) is 12.0 Å². The molecule has 1 unspecified atom stereocenters. The molecule has 1 fully saturated rings. The summed E-state index contributed by atoms with van der Waals surface area (Å²) in [4.78, 5) is 25.6. The summed E-state index contributed by atoms with van der Waals surface area (Å²) in [6, 6.07) is 16.6. The molecular weight excluding hydrogens is 489 g/mol. The van der Waals surface area contributed by atoms with Gasteiger partial charge in [0.1, 0.15) is 17.1 Å². The molecule has 0 aromatic heterocycles. The van der Waals surface area contributed by atoms with Crippen molar-refractivity contribution in [2.24, 2.45) is 0 Å². The highest BCUT2D eigenvalue weighted by Crippen LogP contribution is 2.46. The van der Waals surface area contributed by atoms with Crippen molar-refractivity contribution in [1.29, 1.82) is 0 Å². The van der Waals surface area contributed by atoms with Crippen molar-refractivity contribution in [3.05, 3.63) is 59.7 Å². The van der Waals surface area contributed by atoms with Gasteiger partial charge in [0, 0.05) is 46.1 Å². The molecule has 1 spiro atoms. The summed E-state index contributed by atoms with van der Waals surface area (Å²) in [6.07, 6.45) is -1.64. The maximum atomic E-state index is 12.5. The van der Waals surface area contributed by atoms with Crippen LogP contribution in [0.2, 0.25) is 0 Å². The molecule has 2 aliphatic rings. The lowest BCUT2D eigenvalue weighted by molar-refractivity contribution is -0.192. The van der Waals surface area contributed by atoms with Crippen LogP contribution in [0, 0.1) is 0 Å². The number of alkyl halides is 3. The Balaban J connectivity index is 0.000000479. The summed E-state index contributed by atoms with van der Waals surface area (Å²) in [7, 11) is 5.36. The fourth-order valence-corrected chi connectivity index (χ4v) is 4.73. The first-order valence-electron chi connectivity index (χ1n) is 12.1. The van der Waals surface area contributed by atoms with Gasteiger partial charge in [-0.15, -0.1) is 0 Å². The first-order chi connectivity index (χ1) is 17.4. The van der Waals surface area contributed by atoms with E-state index in [1.807, 2.05) is 38.4 Å². The number of amides is 1. The number of rotatable bonds is 5. The summed E-state index contributed by atoms with van der Waals surface area (Å²) >= 11 is 0. The number of carbonyl (C=O) groups is 2. The molecule has 1 N–H and O–H groups in total. The number of halogens is 3. The number of benzene rings is 2. The molecular formula is C27H33F3N2O5. The Morgan fingerprint density at radius 2 is 1.70 bits per heavy atom. The SMILES string of the molecule is COc1ccc(CN2CCC3(CC2)CC(CC(=O)N(C)C)c2ccccc2O3)cc1.O=C(O)C(F)(F)F. The third kappa shape index (κ3) is 7.61. The van der Waals surface area contributed by atoms with Gasteiger partial charge in [0.15, 0.2) is 0 Å². The number of ether oxygens (including phenoxy) is 2. The van der Waals surface area contributed by atoms with E-state index in [2.05, 4.69) is 29.2 Å². The molecule has 2 aromatic rings. The van der Waals surface area contributed by atoms with E-state index < -0.39 is 12.1 Å². The van der Waals surface area contributed by atoms with E-state index in [0.717, 1.165) is 50.4 Å². The van der Waals surface area contributed by atoms with Gasteiger partial charge in [0.05, 0.1) is 7.11 Å². The molecule has 1 saturated heterocycles. The smallest absolute Gasteiger partial charge is 0.490 e. The Kier molecular flexibility index (Phi) is 9.07. The maximum absolute atomic E-state index is 12.5. The Labute approximate surface area is 214 Å². The normalized spacial score (nSPS) is 18.6. The zero-order valence-corrected chi connectivity index (χ0v) is 21.3. The van der Waals surface area contributed by atoms with Gasteiger partial charge < -0.3 is 19.5 Å². The van der Waals surface area contributed by atoms with Crippen LogP contribution in [0.3, 0.4) is 0 Å². The first kappa shape index (κ1) is 28.3. The number of aliphatic carboxylic acids is 1. The van der Waals surface area contributed by atoms with Crippen LogP contribution >= 0.6 is 0 Å². The summed E-state index contributed by atoms with van der Waals surface area (Å²) in [5.74, 6) is -0.498. The van der Waals surface area contributed by atoms with Crippen LogP contribution in [-0.2, 0) is 16.1 Å². The van der Waals surface area contributed by atoms with E-state index in [1.165, 1.54) is 11.1 Å². The second kappa shape index (κ2) is 11.9. The van der Waals surface area contributed by atoms with E-state index in [9.17, 15) is 18.0 Å². The van der Waals surface area contributed by atoms with Gasteiger partial charge in [0.2, 0.25) is 5.91 Å². The monoisotopic (exact) mass is 522 g/mol. The van der Waals surface area contributed by atoms with Gasteiger partial charge in [-0.2, -0.15) is 13.2 Å². The molecule has 0 saturated carbocycles. The Hall–Kier alpha value is -3.27. The summed E-state index contributed by atoms with van der Waals surface area (Å²) in [6.45, 7) is 2.95. The number of piperidine rings is 1. The minimum atomic E-state index is -5.08. The van der Waals surface area contributed by atoms with E-state index >= 15 is 0 Å². The Morgan fingerprint density at radius 1 is 1.11 bits per heavy atom. The number of hydrogen-bond donors (Lipinski definition) is 1. The number of carboxylic acid groups (broad SMARTS) is 1. The van der Waals surface area contributed by atoms with Crippen LogP contribution in [0.1, 0.15) is 42.7 Å². The predicted molar refractivity (Wildman–Crippen MR) is 132 cm³/mol. The fourth-order valence-electron chi connectivity index (χ4n) is 4.73. The van der Waals surface area contributed by atoms with Crippen molar-refractivity contribution in [3.8, 4) is 11.5 Å². The standard InChI is InChI=1S/C25H32N2O3.C2HF3O2/c1-26(2)24(28)16-20-17-25(30-23-7-5-4-6-22(20)23)12-14-27(15-13-25)18-19-8-10-21(29-3)11-9-19;3-2(4,5)1(6)7/h4-11,20H,12-18H2,1-3H3;(H,6,7). The van der Waals surface area contributed by atoms with Crippen LogP contribution < -0.4 is 9.47 Å². The van der Waals surface area contributed by atoms with Gasteiger partial charge >= 0.3 is 12.1 Å². The van der Waals surface area contributed by atoms with Crippen LogP contribution in [-0.4, -0.2) is 72.9 Å². The summed E-state index contributed by atoms with van der Waals surface area (Å²) in [5, 5.41) is 7.12. The number of methoxy groups -OCH3 is 1. The number of likely N-dealkylation sites (tertiary alicyclic amines) is 1. The topological polar surface area (TPSA) is 79.3 Å². The highest BCUT2D eigenvalue weighted by Gasteiger charge is 2.43. The van der Waals surface area contributed by atoms with Crippen molar-refractivity contribution < 1.29 is 37.3 Å². The van der Waals surface area contributed by atoms with Gasteiger partial charge in [-0.05, 0) is 48.6 Å². The van der Waals surface area contributed by atoms with Crippen LogP contribution in [0.15, 0.2) is 48.5 Å². The van der Waals surface area contributed by atoms with Crippen LogP contribution in [0.5, 0.6) is 11.5 Å². The summed E-state index contributed by atoms with van der Waals surface area (Å²) in [5.41, 5.74) is 2.32. The summed E-state index contributed by atoms with van der Waals surface area (Å²) < 4.78 is 43.6. The second-order valence-corrected chi connectivity index (χ2v) is 9.64. The molecule has 4 rings (SSSR count). The molecule has 2 aromatic carbocycles. The quantitative estimate of drug-likeness (QED) is 0.613. The maximum Gasteiger partial charge on any atom is 0.490 e. The number of fused-ring (bicyclic) bond motifs is 1. The highest BCUT2D eigenvalue weighted by molar-refractivity contribution is 5.76. The lowest BCUT2D eigenvalue weighted by Crippen LogP contribution is -2.50. The zero-order chi connectivity index (χ0) is 27.2. The molecule has 2 heterocycles. The van der Waals surface area contributed by atoms with Crippen LogP contribution in [0.4, 0.5) is 13.2 Å². The van der Waals surface area contributed by atoms with Gasteiger partial charge in [-0.1, -0.05) is 30.3 Å². The number of hydrogen-bond acceptors (Lipinski definition) is 5. The van der Waals surface area contributed by atoms with Gasteiger partial charge in [-0.25, -0.2) is 4.79 Å². The lowest BCUT2D eigenvalue weighted by atomic mass is 9.76. The first-order valence-corrected chi connectivity index (χ1v) is 12.1. The van der Waals surface area contributed by atoms with Crippen molar-refractivity contribution >= 4 is 11.9 Å². The number of para-hydroxylation sites is 1. The van der Waals surface area contributed by atoms with Gasteiger partial charge in [0.25, 0.3) is 0 Å². The third-order valence-electron chi connectivity index (χ3n) is 6.80. The largest absolute Gasteiger partial charge is 0.497 e. The highest BCUT2D eigenvalue weighted by atomic mass is 19.4. The van der Waals surface area contributed by atoms with Crippen molar-refractivity contribution in [2.45, 2.75) is 49.9 Å². The fraction of sp³-hybridized carbons (Fsp3) is 0.481. The van der Waals surface area contributed by atoms with Crippen molar-refractivity contribution in [1.82, 2.24) is 9.80 Å². The average Bonchev–Trinajstić information content (AvgIpc) is 2.86. The molecule has 2 aliphatic heterocycles. The molecule has 202 valence electrons. The molecule has 37 heavy (non-hydrogen) atoms. The predicted octanol–water partition coefficient (Wildman–Crippen LogP) is 4.71. The minimum Gasteiger partial charge on any atom is -0.497 e.